The number of fused-ring (bicyclic) bond motifs is 1. The van der Waals surface area contributed by atoms with Crippen LogP contribution < -0.4 is 5.32 Å². The molecule has 0 aliphatic carbocycles. The molecule has 3 rings (SSSR count). The molecule has 0 bridgehead atoms. The van der Waals surface area contributed by atoms with Gasteiger partial charge in [0.1, 0.15) is 5.75 Å². The van der Waals surface area contributed by atoms with Gasteiger partial charge in [-0.05, 0) is 48.2 Å². The van der Waals surface area contributed by atoms with E-state index in [0.29, 0.717) is 6.42 Å². The Balaban J connectivity index is 1.66. The van der Waals surface area contributed by atoms with Crippen LogP contribution in [0.4, 0.5) is 0 Å². The SMILES string of the molecule is Cc1cccc2[nH]cc(CC(=O)N[C@H](CO)Cc3ccc(O)cc3)c12. The van der Waals surface area contributed by atoms with Crippen molar-refractivity contribution in [2.24, 2.45) is 0 Å². The van der Waals surface area contributed by atoms with Crippen LogP contribution in [0.15, 0.2) is 48.7 Å². The minimum absolute atomic E-state index is 0.123. The van der Waals surface area contributed by atoms with Gasteiger partial charge in [-0.15, -0.1) is 0 Å². The number of aliphatic hydroxyl groups excluding tert-OH is 1. The molecular weight excluding hydrogens is 316 g/mol. The first kappa shape index (κ1) is 17.0. The van der Waals surface area contributed by atoms with E-state index >= 15 is 0 Å². The van der Waals surface area contributed by atoms with Crippen molar-refractivity contribution in [3.05, 3.63) is 65.4 Å². The van der Waals surface area contributed by atoms with E-state index < -0.39 is 0 Å². The van der Waals surface area contributed by atoms with Crippen LogP contribution in [-0.2, 0) is 17.6 Å². The smallest absolute Gasteiger partial charge is 0.224 e. The maximum Gasteiger partial charge on any atom is 0.224 e. The monoisotopic (exact) mass is 338 g/mol. The van der Waals surface area contributed by atoms with Crippen LogP contribution in [-0.4, -0.2) is 33.8 Å². The summed E-state index contributed by atoms with van der Waals surface area (Å²) in [5, 5.41) is 22.9. The van der Waals surface area contributed by atoms with E-state index in [0.717, 1.165) is 27.6 Å². The predicted octanol–water partition coefficient (Wildman–Crippen LogP) is 2.44. The van der Waals surface area contributed by atoms with Gasteiger partial charge in [0.25, 0.3) is 0 Å². The number of H-pyrrole nitrogens is 1. The van der Waals surface area contributed by atoms with Crippen LogP contribution in [0.5, 0.6) is 5.75 Å². The van der Waals surface area contributed by atoms with E-state index in [1.54, 1.807) is 24.3 Å². The number of phenols is 1. The molecule has 0 spiro atoms. The normalized spacial score (nSPS) is 12.2. The maximum absolute atomic E-state index is 12.4. The van der Waals surface area contributed by atoms with Crippen molar-refractivity contribution in [3.8, 4) is 5.75 Å². The summed E-state index contributed by atoms with van der Waals surface area (Å²) in [4.78, 5) is 15.6. The standard InChI is InChI=1S/C20H22N2O3/c1-13-3-2-4-18-20(13)15(11-21-18)10-19(25)22-16(12-23)9-14-5-7-17(24)8-6-14/h2-8,11,16,21,23-24H,9-10,12H2,1H3,(H,22,25)/t16-/m0/s1. The number of rotatable bonds is 6. The third-order valence-corrected chi connectivity index (χ3v) is 4.35. The molecule has 0 radical (unpaired) electrons. The number of nitrogens with one attached hydrogen (secondary N) is 2. The van der Waals surface area contributed by atoms with Gasteiger partial charge in [0.05, 0.1) is 19.1 Å². The van der Waals surface area contributed by atoms with Crippen LogP contribution in [0.25, 0.3) is 10.9 Å². The van der Waals surface area contributed by atoms with Gasteiger partial charge in [-0.1, -0.05) is 24.3 Å². The first-order valence-corrected chi connectivity index (χ1v) is 8.30. The van der Waals surface area contributed by atoms with Crippen molar-refractivity contribution < 1.29 is 15.0 Å². The third kappa shape index (κ3) is 4.00. The summed E-state index contributed by atoms with van der Waals surface area (Å²) in [7, 11) is 0. The Labute approximate surface area is 146 Å². The lowest BCUT2D eigenvalue weighted by Crippen LogP contribution is -2.39. The van der Waals surface area contributed by atoms with E-state index in [1.165, 1.54) is 0 Å². The molecule has 130 valence electrons. The molecule has 5 nitrogen and oxygen atoms in total. The Kier molecular flexibility index (Phi) is 5.05. The number of aliphatic hydroxyl groups is 1. The fraction of sp³-hybridized carbons (Fsp3) is 0.250. The molecular formula is C20H22N2O3. The molecule has 0 saturated heterocycles. The number of benzene rings is 2. The van der Waals surface area contributed by atoms with E-state index in [9.17, 15) is 15.0 Å². The fourth-order valence-corrected chi connectivity index (χ4v) is 3.12. The van der Waals surface area contributed by atoms with Crippen molar-refractivity contribution >= 4 is 16.8 Å². The number of hydrogen-bond donors (Lipinski definition) is 4. The highest BCUT2D eigenvalue weighted by atomic mass is 16.3. The summed E-state index contributed by atoms with van der Waals surface area (Å²) in [6, 6.07) is 12.4. The molecule has 2 aromatic carbocycles. The average molecular weight is 338 g/mol. The Morgan fingerprint density at radius 1 is 1.20 bits per heavy atom. The molecule has 0 unspecified atom stereocenters. The van der Waals surface area contributed by atoms with Gasteiger partial charge in [-0.3, -0.25) is 4.79 Å². The lowest BCUT2D eigenvalue weighted by atomic mass is 10.0. The number of hydrogen-bond acceptors (Lipinski definition) is 3. The minimum atomic E-state index is -0.358. The Morgan fingerprint density at radius 3 is 2.68 bits per heavy atom. The van der Waals surface area contributed by atoms with E-state index in [1.807, 2.05) is 31.3 Å². The summed E-state index contributed by atoms with van der Waals surface area (Å²) in [5.74, 6) is 0.0741. The number of carbonyl (C=O) groups excluding carboxylic acids is 1. The minimum Gasteiger partial charge on any atom is -0.508 e. The molecule has 0 fully saturated rings. The van der Waals surface area contributed by atoms with Gasteiger partial charge in [0.2, 0.25) is 5.91 Å². The Hall–Kier alpha value is -2.79. The van der Waals surface area contributed by atoms with Crippen molar-refractivity contribution in [1.29, 1.82) is 0 Å². The second-order valence-electron chi connectivity index (χ2n) is 6.31. The highest BCUT2D eigenvalue weighted by molar-refractivity contribution is 5.91. The van der Waals surface area contributed by atoms with Crippen molar-refractivity contribution in [2.45, 2.75) is 25.8 Å². The highest BCUT2D eigenvalue weighted by Crippen LogP contribution is 2.22. The largest absolute Gasteiger partial charge is 0.508 e. The third-order valence-electron chi connectivity index (χ3n) is 4.35. The van der Waals surface area contributed by atoms with E-state index in [-0.39, 0.29) is 30.7 Å². The van der Waals surface area contributed by atoms with E-state index in [4.69, 9.17) is 0 Å². The molecule has 0 saturated carbocycles. The maximum atomic E-state index is 12.4. The first-order valence-electron chi connectivity index (χ1n) is 8.30. The van der Waals surface area contributed by atoms with Crippen molar-refractivity contribution in [3.63, 3.8) is 0 Å². The van der Waals surface area contributed by atoms with E-state index in [2.05, 4.69) is 10.3 Å². The number of aromatic hydroxyl groups is 1. The second-order valence-corrected chi connectivity index (χ2v) is 6.31. The van der Waals surface area contributed by atoms with Crippen LogP contribution in [0.1, 0.15) is 16.7 Å². The first-order chi connectivity index (χ1) is 12.1. The number of amides is 1. The van der Waals surface area contributed by atoms with Gasteiger partial charge in [0.15, 0.2) is 0 Å². The van der Waals surface area contributed by atoms with Gasteiger partial charge in [-0.25, -0.2) is 0 Å². The zero-order valence-corrected chi connectivity index (χ0v) is 14.1. The summed E-state index contributed by atoms with van der Waals surface area (Å²) >= 11 is 0. The highest BCUT2D eigenvalue weighted by Gasteiger charge is 2.15. The molecule has 25 heavy (non-hydrogen) atoms. The van der Waals surface area contributed by atoms with Crippen molar-refractivity contribution in [2.75, 3.05) is 6.61 Å². The zero-order chi connectivity index (χ0) is 17.8. The predicted molar refractivity (Wildman–Crippen MR) is 97.6 cm³/mol. The number of aromatic amines is 1. The quantitative estimate of drug-likeness (QED) is 0.557. The van der Waals surface area contributed by atoms with Gasteiger partial charge >= 0.3 is 0 Å². The molecule has 1 amide bonds. The van der Waals surface area contributed by atoms with Crippen LogP contribution in [0.2, 0.25) is 0 Å². The molecule has 0 aliphatic rings. The van der Waals surface area contributed by atoms with Crippen molar-refractivity contribution in [1.82, 2.24) is 10.3 Å². The van der Waals surface area contributed by atoms with Crippen LogP contribution in [0.3, 0.4) is 0 Å². The molecule has 0 aliphatic heterocycles. The number of phenolic OH excluding ortho intramolecular Hbond substituents is 1. The Morgan fingerprint density at radius 2 is 1.96 bits per heavy atom. The summed E-state index contributed by atoms with van der Waals surface area (Å²) in [5.41, 5.74) is 4.04. The topological polar surface area (TPSA) is 85.4 Å². The lowest BCUT2D eigenvalue weighted by Gasteiger charge is -2.16. The van der Waals surface area contributed by atoms with Gasteiger partial charge in [-0.2, -0.15) is 0 Å². The number of aromatic nitrogens is 1. The summed E-state index contributed by atoms with van der Waals surface area (Å²) in [6.07, 6.45) is 2.64. The van der Waals surface area contributed by atoms with Crippen LogP contribution in [0, 0.1) is 6.92 Å². The summed E-state index contributed by atoms with van der Waals surface area (Å²) < 4.78 is 0. The average Bonchev–Trinajstić information content (AvgIpc) is 3.00. The lowest BCUT2D eigenvalue weighted by molar-refractivity contribution is -0.121. The summed E-state index contributed by atoms with van der Waals surface area (Å²) in [6.45, 7) is 1.89. The fourth-order valence-electron chi connectivity index (χ4n) is 3.12. The van der Waals surface area contributed by atoms with Gasteiger partial charge < -0.3 is 20.5 Å². The molecule has 5 heteroatoms. The number of aryl methyl sites for hydroxylation is 1. The molecule has 1 heterocycles. The molecule has 1 atom stereocenters. The zero-order valence-electron chi connectivity index (χ0n) is 14.1. The second kappa shape index (κ2) is 7.40. The Bertz CT molecular complexity index is 868. The molecule has 3 aromatic rings. The van der Waals surface area contributed by atoms with Gasteiger partial charge in [0, 0.05) is 17.1 Å². The van der Waals surface area contributed by atoms with Crippen LogP contribution >= 0.6 is 0 Å². The number of carbonyl (C=O) groups is 1. The molecule has 1 aromatic heterocycles. The molecule has 4 N–H and O–H groups in total.